The van der Waals surface area contributed by atoms with E-state index >= 15 is 0 Å². The van der Waals surface area contributed by atoms with Gasteiger partial charge in [0.05, 0.1) is 0 Å². The molecule has 2 heterocycles. The molecule has 0 unspecified atom stereocenters. The van der Waals surface area contributed by atoms with E-state index in [4.69, 9.17) is 0 Å². The number of aryl methyl sites for hydroxylation is 4. The van der Waals surface area contributed by atoms with E-state index in [0.717, 1.165) is 61.3 Å². The Labute approximate surface area is 280 Å². The Morgan fingerprint density at radius 2 is 0.867 bits per heavy atom. The van der Waals surface area contributed by atoms with Crippen LogP contribution >= 0.6 is 0 Å². The molecule has 2 aromatic carbocycles. The smallest absolute Gasteiger partial charge is 0.369 e. The predicted molar refractivity (Wildman–Crippen MR) is 170 cm³/mol. The van der Waals surface area contributed by atoms with E-state index in [1.54, 1.807) is 0 Å². The van der Waals surface area contributed by atoms with Crippen LogP contribution in [0.2, 0.25) is 0 Å². The summed E-state index contributed by atoms with van der Waals surface area (Å²) < 4.78 is 56.8. The Bertz CT molecular complexity index is 1430. The average molecular weight is 647 g/mol. The Morgan fingerprint density at radius 1 is 0.533 bits per heavy atom. The van der Waals surface area contributed by atoms with Gasteiger partial charge in [-0.3, -0.25) is 12.2 Å². The zero-order chi connectivity index (χ0) is 31.9. The Morgan fingerprint density at radius 3 is 1.07 bits per heavy atom. The van der Waals surface area contributed by atoms with Crippen LogP contribution < -0.4 is 0 Å². The standard InChI is InChI=1S/2C14H14F2N.2C5H5.Ti/c2*1-3-11-6-7-12(4-2)17(11)14-8-5-10(15)9-13(14)16;2*1-2-4-5-3-1;/h2*5-8H,3-4H2,1-2H3;2*1-3H,4H2;/q4*-1;+4. The first-order valence-corrected chi connectivity index (χ1v) is 14.9. The van der Waals surface area contributed by atoms with Gasteiger partial charge in [0.1, 0.15) is 0 Å². The van der Waals surface area contributed by atoms with Crippen LogP contribution in [0.4, 0.5) is 17.6 Å². The van der Waals surface area contributed by atoms with E-state index in [1.165, 1.54) is 24.3 Å². The molecule has 0 amide bonds. The van der Waals surface area contributed by atoms with Crippen molar-refractivity contribution in [1.29, 1.82) is 0 Å². The second-order valence-corrected chi connectivity index (χ2v) is 9.73. The largest absolute Gasteiger partial charge is 4.00 e. The third-order valence-corrected chi connectivity index (χ3v) is 6.87. The number of benzene rings is 2. The van der Waals surface area contributed by atoms with Gasteiger partial charge in [-0.1, -0.05) is 27.7 Å². The van der Waals surface area contributed by atoms with Crippen LogP contribution in [0.1, 0.15) is 63.3 Å². The van der Waals surface area contributed by atoms with Gasteiger partial charge < -0.3 is 9.13 Å². The fraction of sp³-hybridized carbons (Fsp3) is 0.263. The van der Waals surface area contributed by atoms with Crippen molar-refractivity contribution in [2.24, 2.45) is 0 Å². The van der Waals surface area contributed by atoms with Crippen molar-refractivity contribution in [1.82, 2.24) is 9.13 Å². The molecule has 0 saturated carbocycles. The minimum Gasteiger partial charge on any atom is -0.369 e. The molecular weight excluding hydrogens is 608 g/mol. The van der Waals surface area contributed by atoms with Crippen LogP contribution in [0.25, 0.3) is 11.4 Å². The van der Waals surface area contributed by atoms with Crippen LogP contribution in [0.3, 0.4) is 0 Å². The normalized spacial score (nSPS) is 12.1. The molecule has 0 N–H and O–H groups in total. The van der Waals surface area contributed by atoms with Gasteiger partial charge in [-0.15, -0.1) is 49.2 Å². The van der Waals surface area contributed by atoms with Gasteiger partial charge in [-0.25, -0.2) is 41.9 Å². The second kappa shape index (κ2) is 19.7. The summed E-state index contributed by atoms with van der Waals surface area (Å²) in [6, 6.07) is 17.4. The summed E-state index contributed by atoms with van der Waals surface area (Å²) in [7, 11) is 0. The first-order valence-electron chi connectivity index (χ1n) is 14.9. The molecule has 232 valence electrons. The SMILES string of the molecule is CCc1ccc(CC)n1-c1ccc(F)[c-]c1F.CCc1ccc(CC)n1-c1ccc(F)[c-]c1F.[C-]1=CC=CC1.[C-]1=CC=CC1.[Ti+4]. The molecule has 2 aliphatic carbocycles. The van der Waals surface area contributed by atoms with Crippen molar-refractivity contribution in [3.05, 3.63) is 155 Å². The van der Waals surface area contributed by atoms with Crippen LogP contribution in [0, 0.1) is 47.6 Å². The molecule has 0 radical (unpaired) electrons. The number of nitrogens with zero attached hydrogens (tertiary/aromatic N) is 2. The molecule has 0 atom stereocenters. The molecular formula is C38H38F4N2Ti. The number of halogens is 4. The summed E-state index contributed by atoms with van der Waals surface area (Å²) in [5.74, 6) is -2.64. The summed E-state index contributed by atoms with van der Waals surface area (Å²) in [5.41, 5.74) is 4.79. The first-order chi connectivity index (χ1) is 21.3. The number of hydrogen-bond acceptors (Lipinski definition) is 0. The zero-order valence-corrected chi connectivity index (χ0v) is 27.8. The van der Waals surface area contributed by atoms with Crippen molar-refractivity contribution < 1.29 is 39.3 Å². The van der Waals surface area contributed by atoms with Gasteiger partial charge in [0.15, 0.2) is 0 Å². The van der Waals surface area contributed by atoms with Crippen LogP contribution in [-0.2, 0) is 47.4 Å². The molecule has 45 heavy (non-hydrogen) atoms. The minimum atomic E-state index is -0.672. The van der Waals surface area contributed by atoms with Crippen molar-refractivity contribution in [2.45, 2.75) is 66.2 Å². The number of aromatic nitrogens is 2. The number of hydrogen-bond donors (Lipinski definition) is 0. The summed E-state index contributed by atoms with van der Waals surface area (Å²) in [5, 5.41) is 0. The molecule has 2 nitrogen and oxygen atoms in total. The number of rotatable bonds is 6. The summed E-state index contributed by atoms with van der Waals surface area (Å²) in [6.45, 7) is 8.04. The van der Waals surface area contributed by atoms with Crippen molar-refractivity contribution >= 4 is 0 Å². The van der Waals surface area contributed by atoms with Crippen LogP contribution in [-0.4, -0.2) is 9.13 Å². The van der Waals surface area contributed by atoms with Crippen LogP contribution in [0.15, 0.2) is 85.0 Å². The van der Waals surface area contributed by atoms with Crippen molar-refractivity contribution in [2.75, 3.05) is 0 Å². The monoisotopic (exact) mass is 646 g/mol. The molecule has 0 spiro atoms. The van der Waals surface area contributed by atoms with Crippen molar-refractivity contribution in [3.63, 3.8) is 0 Å². The zero-order valence-electron chi connectivity index (χ0n) is 26.2. The van der Waals surface area contributed by atoms with Crippen molar-refractivity contribution in [3.8, 4) is 11.4 Å². The molecule has 7 heteroatoms. The molecule has 2 aliphatic rings. The van der Waals surface area contributed by atoms with E-state index in [2.05, 4.69) is 36.4 Å². The molecule has 0 bridgehead atoms. The second-order valence-electron chi connectivity index (χ2n) is 9.73. The average Bonchev–Trinajstić information content (AvgIpc) is 3.86. The topological polar surface area (TPSA) is 9.86 Å². The van der Waals surface area contributed by atoms with E-state index in [0.29, 0.717) is 11.4 Å². The Kier molecular flexibility index (Phi) is 16.5. The van der Waals surface area contributed by atoms with Gasteiger partial charge >= 0.3 is 21.7 Å². The Balaban J connectivity index is 0.000000235. The van der Waals surface area contributed by atoms with Gasteiger partial charge in [-0.05, 0) is 61.3 Å². The maximum absolute atomic E-state index is 13.7. The minimum absolute atomic E-state index is 0. The molecule has 6 rings (SSSR count). The molecule has 4 aromatic rings. The van der Waals surface area contributed by atoms with Gasteiger partial charge in [-0.2, -0.15) is 12.2 Å². The summed E-state index contributed by atoms with van der Waals surface area (Å²) in [6.07, 6.45) is 23.2. The first kappa shape index (κ1) is 37.6. The molecule has 0 fully saturated rings. The fourth-order valence-electron chi connectivity index (χ4n) is 4.67. The van der Waals surface area contributed by atoms with E-state index < -0.39 is 23.3 Å². The maximum Gasteiger partial charge on any atom is 4.00 e. The van der Waals surface area contributed by atoms with E-state index in [-0.39, 0.29) is 21.7 Å². The van der Waals surface area contributed by atoms with Gasteiger partial charge in [0.2, 0.25) is 0 Å². The maximum atomic E-state index is 13.7. The third kappa shape index (κ3) is 10.8. The van der Waals surface area contributed by atoms with E-state index in [1.807, 2.05) is 85.4 Å². The molecule has 2 aromatic heterocycles. The quantitative estimate of drug-likeness (QED) is 0.112. The fourth-order valence-corrected chi connectivity index (χ4v) is 4.67. The van der Waals surface area contributed by atoms with Gasteiger partial charge in [0.25, 0.3) is 0 Å². The predicted octanol–water partition coefficient (Wildman–Crippen LogP) is 9.97. The summed E-state index contributed by atoms with van der Waals surface area (Å²) >= 11 is 0. The number of allylic oxidation sites excluding steroid dienone is 8. The molecule has 0 aliphatic heterocycles. The third-order valence-electron chi connectivity index (χ3n) is 6.87. The summed E-state index contributed by atoms with van der Waals surface area (Å²) in [4.78, 5) is 0. The van der Waals surface area contributed by atoms with E-state index in [9.17, 15) is 17.6 Å². The van der Waals surface area contributed by atoms with Gasteiger partial charge in [0, 0.05) is 46.0 Å². The van der Waals surface area contributed by atoms with Crippen LogP contribution in [0.5, 0.6) is 0 Å². The molecule has 0 saturated heterocycles. The Hall–Kier alpha value is -3.61.